The molecule has 178 valence electrons. The fourth-order valence-electron chi connectivity index (χ4n) is 3.92. The molecule has 0 bridgehead atoms. The highest BCUT2D eigenvalue weighted by Gasteiger charge is 2.22. The maximum Gasteiger partial charge on any atom is 0.261 e. The highest BCUT2D eigenvalue weighted by Crippen LogP contribution is 2.30. The number of aryl methyl sites for hydroxylation is 1. The summed E-state index contributed by atoms with van der Waals surface area (Å²) in [5.41, 5.74) is 2.78. The molecule has 1 amide bonds. The zero-order valence-electron chi connectivity index (χ0n) is 18.6. The molecule has 4 rings (SSSR count). The third kappa shape index (κ3) is 5.63. The lowest BCUT2D eigenvalue weighted by Crippen LogP contribution is -2.34. The van der Waals surface area contributed by atoms with Gasteiger partial charge in [-0.25, -0.2) is 8.42 Å². The van der Waals surface area contributed by atoms with Gasteiger partial charge in [-0.05, 0) is 72.9 Å². The van der Waals surface area contributed by atoms with Gasteiger partial charge in [-0.2, -0.15) is 0 Å². The molecular weight excluding hydrogens is 476 g/mol. The number of sulfonamides is 1. The molecular formula is C25H25ClN2O5S. The van der Waals surface area contributed by atoms with E-state index in [0.717, 1.165) is 24.8 Å². The van der Waals surface area contributed by atoms with Crippen molar-refractivity contribution in [1.82, 2.24) is 5.32 Å². The van der Waals surface area contributed by atoms with Gasteiger partial charge in [0, 0.05) is 5.69 Å². The van der Waals surface area contributed by atoms with Gasteiger partial charge in [-0.1, -0.05) is 35.9 Å². The van der Waals surface area contributed by atoms with Crippen LogP contribution in [-0.4, -0.2) is 28.0 Å². The van der Waals surface area contributed by atoms with Crippen LogP contribution in [0.3, 0.4) is 0 Å². The van der Waals surface area contributed by atoms with Gasteiger partial charge in [0.1, 0.15) is 11.5 Å². The van der Waals surface area contributed by atoms with E-state index in [0.29, 0.717) is 11.4 Å². The van der Waals surface area contributed by atoms with E-state index in [1.165, 1.54) is 30.9 Å². The number of benzene rings is 3. The Morgan fingerprint density at radius 3 is 2.59 bits per heavy atom. The van der Waals surface area contributed by atoms with Crippen LogP contribution < -0.4 is 19.5 Å². The molecule has 9 heteroatoms. The number of hydrogen-bond donors (Lipinski definition) is 2. The van der Waals surface area contributed by atoms with Gasteiger partial charge >= 0.3 is 0 Å². The fraction of sp³-hybridized carbons (Fsp3) is 0.240. The zero-order chi connectivity index (χ0) is 24.1. The summed E-state index contributed by atoms with van der Waals surface area (Å²) in [5.74, 6) is 0.573. The Balaban J connectivity index is 1.37. The minimum Gasteiger partial charge on any atom is -0.497 e. The first kappa shape index (κ1) is 23.9. The largest absolute Gasteiger partial charge is 0.497 e. The van der Waals surface area contributed by atoms with Crippen LogP contribution in [0.4, 0.5) is 5.69 Å². The molecule has 0 unspecified atom stereocenters. The van der Waals surface area contributed by atoms with Crippen molar-refractivity contribution < 1.29 is 22.7 Å². The average molecular weight is 501 g/mol. The summed E-state index contributed by atoms with van der Waals surface area (Å²) in [5, 5.41) is 3.11. The Kier molecular flexibility index (Phi) is 7.29. The van der Waals surface area contributed by atoms with Gasteiger partial charge in [-0.3, -0.25) is 9.52 Å². The first-order valence-electron chi connectivity index (χ1n) is 10.8. The van der Waals surface area contributed by atoms with Crippen molar-refractivity contribution in [3.63, 3.8) is 0 Å². The maximum absolute atomic E-state index is 12.7. The third-order valence-corrected chi connectivity index (χ3v) is 7.29. The number of anilines is 1. The molecule has 3 aromatic rings. The van der Waals surface area contributed by atoms with Crippen molar-refractivity contribution in [3.05, 3.63) is 82.9 Å². The topological polar surface area (TPSA) is 93.7 Å². The second-order valence-corrected chi connectivity index (χ2v) is 10.0. The van der Waals surface area contributed by atoms with Crippen molar-refractivity contribution in [3.8, 4) is 11.5 Å². The van der Waals surface area contributed by atoms with Crippen molar-refractivity contribution in [2.24, 2.45) is 0 Å². The Bertz CT molecular complexity index is 1280. The minimum atomic E-state index is -3.86. The van der Waals surface area contributed by atoms with E-state index < -0.39 is 10.0 Å². The number of hydrogen-bond acceptors (Lipinski definition) is 5. The van der Waals surface area contributed by atoms with E-state index in [-0.39, 0.29) is 34.2 Å². The molecule has 0 fully saturated rings. The predicted molar refractivity (Wildman–Crippen MR) is 131 cm³/mol. The number of halogens is 1. The summed E-state index contributed by atoms with van der Waals surface area (Å²) >= 11 is 6.25. The molecule has 0 aromatic heterocycles. The number of carbonyl (C=O) groups is 1. The number of amides is 1. The van der Waals surface area contributed by atoms with Crippen molar-refractivity contribution in [2.75, 3.05) is 18.4 Å². The zero-order valence-corrected chi connectivity index (χ0v) is 20.2. The number of carbonyl (C=O) groups excluding carboxylic acids is 1. The normalized spacial score (nSPS) is 15.2. The molecule has 0 spiro atoms. The van der Waals surface area contributed by atoms with Crippen molar-refractivity contribution in [1.29, 1.82) is 0 Å². The molecule has 1 aliphatic carbocycles. The minimum absolute atomic E-state index is 0.0241. The molecule has 0 saturated carbocycles. The highest BCUT2D eigenvalue weighted by molar-refractivity contribution is 7.92. The van der Waals surface area contributed by atoms with Gasteiger partial charge in [-0.15, -0.1) is 0 Å². The Hall–Kier alpha value is -3.23. The van der Waals surface area contributed by atoms with Crippen LogP contribution in [0.5, 0.6) is 11.5 Å². The Morgan fingerprint density at radius 1 is 1.09 bits per heavy atom. The summed E-state index contributed by atoms with van der Waals surface area (Å²) in [6, 6.07) is 18.7. The van der Waals surface area contributed by atoms with E-state index in [4.69, 9.17) is 21.1 Å². The summed E-state index contributed by atoms with van der Waals surface area (Å²) < 4.78 is 38.5. The smallest absolute Gasteiger partial charge is 0.261 e. The number of fused-ring (bicyclic) bond motifs is 1. The third-order valence-electron chi connectivity index (χ3n) is 5.62. The first-order valence-corrected chi connectivity index (χ1v) is 12.7. The average Bonchev–Trinajstić information content (AvgIpc) is 2.84. The summed E-state index contributed by atoms with van der Waals surface area (Å²) in [6.45, 7) is -0.228. The molecule has 0 aliphatic heterocycles. The molecule has 0 radical (unpaired) electrons. The van der Waals surface area contributed by atoms with Gasteiger partial charge in [0.25, 0.3) is 15.9 Å². The van der Waals surface area contributed by atoms with Crippen molar-refractivity contribution in [2.45, 2.75) is 30.2 Å². The lowest BCUT2D eigenvalue weighted by Gasteiger charge is -2.26. The van der Waals surface area contributed by atoms with Gasteiger partial charge in [0.2, 0.25) is 0 Å². The van der Waals surface area contributed by atoms with Gasteiger partial charge in [0.15, 0.2) is 6.61 Å². The Labute approximate surface area is 204 Å². The molecule has 0 saturated heterocycles. The lowest BCUT2D eigenvalue weighted by molar-refractivity contribution is -0.123. The molecule has 1 atom stereocenters. The van der Waals surface area contributed by atoms with E-state index in [9.17, 15) is 13.2 Å². The SMILES string of the molecule is COc1ccc(NS(=O)(=O)c2ccc(OCC(=O)N[C@H]3CCCc4ccccc43)c(Cl)c2)cc1. The summed E-state index contributed by atoms with van der Waals surface area (Å²) in [7, 11) is -2.33. The first-order chi connectivity index (χ1) is 16.4. The monoisotopic (exact) mass is 500 g/mol. The predicted octanol–water partition coefficient (Wildman–Crippen LogP) is 4.72. The summed E-state index contributed by atoms with van der Waals surface area (Å²) in [6.07, 6.45) is 2.89. The standard InChI is InChI=1S/C25H25ClN2O5S/c1-32-19-11-9-18(10-12-19)28-34(30,31)20-13-14-24(22(26)15-20)33-16-25(29)27-23-8-4-6-17-5-2-3-7-21(17)23/h2-3,5,7,9-15,23,28H,4,6,8,16H2,1H3,(H,27,29)/t23-/m0/s1. The molecule has 7 nitrogen and oxygen atoms in total. The number of ether oxygens (including phenoxy) is 2. The maximum atomic E-state index is 12.7. The highest BCUT2D eigenvalue weighted by atomic mass is 35.5. The molecule has 34 heavy (non-hydrogen) atoms. The van der Waals surface area contributed by atoms with E-state index >= 15 is 0 Å². The van der Waals surface area contributed by atoms with Crippen LogP contribution in [0.15, 0.2) is 71.6 Å². The van der Waals surface area contributed by atoms with E-state index in [2.05, 4.69) is 16.1 Å². The van der Waals surface area contributed by atoms with Crippen LogP contribution in [0.2, 0.25) is 5.02 Å². The van der Waals surface area contributed by atoms with E-state index in [1.54, 1.807) is 24.3 Å². The second-order valence-electron chi connectivity index (χ2n) is 7.93. The van der Waals surface area contributed by atoms with Gasteiger partial charge in [0.05, 0.1) is 23.1 Å². The number of rotatable bonds is 8. The number of methoxy groups -OCH3 is 1. The quantitative estimate of drug-likeness (QED) is 0.466. The van der Waals surface area contributed by atoms with Gasteiger partial charge < -0.3 is 14.8 Å². The fourth-order valence-corrected chi connectivity index (χ4v) is 5.31. The molecule has 0 heterocycles. The van der Waals surface area contributed by atoms with E-state index in [1.807, 2.05) is 18.2 Å². The van der Waals surface area contributed by atoms with Crippen LogP contribution in [0, 0.1) is 0 Å². The van der Waals surface area contributed by atoms with Crippen LogP contribution in [0.1, 0.15) is 30.0 Å². The van der Waals surface area contributed by atoms with Crippen LogP contribution in [0.25, 0.3) is 0 Å². The van der Waals surface area contributed by atoms with Crippen LogP contribution in [-0.2, 0) is 21.2 Å². The summed E-state index contributed by atoms with van der Waals surface area (Å²) in [4.78, 5) is 12.5. The lowest BCUT2D eigenvalue weighted by atomic mass is 9.88. The van der Waals surface area contributed by atoms with Crippen molar-refractivity contribution >= 4 is 33.2 Å². The van der Waals surface area contributed by atoms with Crippen LogP contribution >= 0.6 is 11.6 Å². The second kappa shape index (κ2) is 10.4. The molecule has 1 aliphatic rings. The Morgan fingerprint density at radius 2 is 1.85 bits per heavy atom. The molecule has 2 N–H and O–H groups in total. The number of nitrogens with one attached hydrogen (secondary N) is 2. The molecule has 3 aromatic carbocycles.